The molecule has 0 spiro atoms. The third-order valence-electron chi connectivity index (χ3n) is 6.07. The monoisotopic (exact) mass is 553 g/mol. The Labute approximate surface area is 231 Å². The van der Waals surface area contributed by atoms with Gasteiger partial charge < -0.3 is 24.8 Å². The van der Waals surface area contributed by atoms with E-state index in [9.17, 15) is 19.2 Å². The number of benzene rings is 1. The molecule has 0 unspecified atom stereocenters. The van der Waals surface area contributed by atoms with Gasteiger partial charge in [-0.2, -0.15) is 0 Å². The fourth-order valence-corrected chi connectivity index (χ4v) is 4.20. The molecule has 2 aromatic heterocycles. The summed E-state index contributed by atoms with van der Waals surface area (Å²) in [7, 11) is 1.84. The standard InChI is InChI=1S/C28H32ClN5O5/c1-19-8-10-33(11-12-34(24-5-4-9-31-17-24)27(37)18-39-20(2)35)28(38)25(19)14-26(36)32-16-22-13-23(29)7-6-21(22)15-30-3/h4-10,13,17,30H,11-12,14-16,18H2,1-3H3,(H,32,36). The predicted molar refractivity (Wildman–Crippen MR) is 148 cm³/mol. The molecular weight excluding hydrogens is 522 g/mol. The van der Waals surface area contributed by atoms with E-state index in [2.05, 4.69) is 15.6 Å². The van der Waals surface area contributed by atoms with Crippen molar-refractivity contribution in [3.63, 3.8) is 0 Å². The van der Waals surface area contributed by atoms with E-state index >= 15 is 0 Å². The van der Waals surface area contributed by atoms with Gasteiger partial charge in [-0.1, -0.05) is 17.7 Å². The van der Waals surface area contributed by atoms with Crippen LogP contribution in [0.2, 0.25) is 5.02 Å². The smallest absolute Gasteiger partial charge is 0.303 e. The summed E-state index contributed by atoms with van der Waals surface area (Å²) in [6, 6.07) is 10.7. The number of ether oxygens (including phenoxy) is 1. The zero-order valence-electron chi connectivity index (χ0n) is 22.2. The molecule has 3 rings (SSSR count). The van der Waals surface area contributed by atoms with Gasteiger partial charge in [0.25, 0.3) is 11.5 Å². The van der Waals surface area contributed by atoms with Crippen LogP contribution in [0.1, 0.15) is 29.2 Å². The molecule has 0 saturated heterocycles. The van der Waals surface area contributed by atoms with Gasteiger partial charge in [-0.05, 0) is 61.0 Å². The van der Waals surface area contributed by atoms with E-state index in [4.69, 9.17) is 16.3 Å². The SMILES string of the molecule is CNCc1ccc(Cl)cc1CNC(=O)Cc1c(C)ccn(CCN(C(=O)COC(C)=O)c2cccnc2)c1=O. The molecule has 2 N–H and O–H groups in total. The number of aromatic nitrogens is 2. The summed E-state index contributed by atoms with van der Waals surface area (Å²) in [5.74, 6) is -1.31. The lowest BCUT2D eigenvalue weighted by Gasteiger charge is -2.23. The maximum Gasteiger partial charge on any atom is 0.303 e. The topological polar surface area (TPSA) is 123 Å². The first-order valence-electron chi connectivity index (χ1n) is 12.4. The van der Waals surface area contributed by atoms with Crippen LogP contribution in [0.15, 0.2) is 59.8 Å². The Morgan fingerprint density at radius 2 is 1.92 bits per heavy atom. The fourth-order valence-electron chi connectivity index (χ4n) is 4.00. The number of aryl methyl sites for hydroxylation is 1. The second-order valence-corrected chi connectivity index (χ2v) is 9.35. The first-order chi connectivity index (χ1) is 18.7. The largest absolute Gasteiger partial charge is 0.456 e. The number of carbonyl (C=O) groups is 3. The lowest BCUT2D eigenvalue weighted by atomic mass is 10.1. The van der Waals surface area contributed by atoms with Gasteiger partial charge in [0.05, 0.1) is 18.3 Å². The molecule has 0 bridgehead atoms. The molecule has 0 aliphatic heterocycles. The van der Waals surface area contributed by atoms with Crippen LogP contribution < -0.4 is 21.1 Å². The molecule has 2 heterocycles. The van der Waals surface area contributed by atoms with Crippen molar-refractivity contribution in [1.29, 1.82) is 0 Å². The Morgan fingerprint density at radius 3 is 2.62 bits per heavy atom. The molecule has 11 heteroatoms. The Bertz CT molecular complexity index is 1380. The van der Waals surface area contributed by atoms with E-state index in [-0.39, 0.29) is 37.5 Å². The third kappa shape index (κ3) is 8.49. The van der Waals surface area contributed by atoms with Crippen molar-refractivity contribution in [3.05, 3.63) is 92.6 Å². The zero-order valence-corrected chi connectivity index (χ0v) is 23.0. The highest BCUT2D eigenvalue weighted by atomic mass is 35.5. The molecule has 0 atom stereocenters. The van der Waals surface area contributed by atoms with E-state index in [1.807, 2.05) is 19.2 Å². The zero-order chi connectivity index (χ0) is 28.4. The molecule has 0 fully saturated rings. The van der Waals surface area contributed by atoms with Crippen LogP contribution in [-0.4, -0.2) is 47.5 Å². The van der Waals surface area contributed by atoms with Crippen molar-refractivity contribution in [2.75, 3.05) is 25.1 Å². The quantitative estimate of drug-likeness (QED) is 0.330. The first kappa shape index (κ1) is 29.5. The molecule has 0 aliphatic carbocycles. The summed E-state index contributed by atoms with van der Waals surface area (Å²) in [5, 5.41) is 6.55. The molecule has 0 radical (unpaired) electrons. The van der Waals surface area contributed by atoms with Gasteiger partial charge >= 0.3 is 5.97 Å². The van der Waals surface area contributed by atoms with E-state index in [1.54, 1.807) is 43.6 Å². The Hall–Kier alpha value is -4.02. The molecule has 1 aromatic carbocycles. The van der Waals surface area contributed by atoms with Gasteiger partial charge in [-0.25, -0.2) is 0 Å². The van der Waals surface area contributed by atoms with E-state index in [1.165, 1.54) is 22.6 Å². The molecule has 206 valence electrons. The third-order valence-corrected chi connectivity index (χ3v) is 6.31. The Balaban J connectivity index is 1.72. The van der Waals surface area contributed by atoms with E-state index < -0.39 is 18.5 Å². The highest BCUT2D eigenvalue weighted by molar-refractivity contribution is 6.30. The highest BCUT2D eigenvalue weighted by Gasteiger charge is 2.19. The maximum absolute atomic E-state index is 13.3. The predicted octanol–water partition coefficient (Wildman–Crippen LogP) is 2.38. The number of halogens is 1. The molecule has 3 aromatic rings. The van der Waals surface area contributed by atoms with Crippen molar-refractivity contribution in [2.24, 2.45) is 0 Å². The summed E-state index contributed by atoms with van der Waals surface area (Å²) in [5.41, 5.74) is 3.16. The fraction of sp³-hybridized carbons (Fsp3) is 0.321. The number of esters is 1. The normalized spacial score (nSPS) is 10.7. The van der Waals surface area contributed by atoms with Crippen LogP contribution >= 0.6 is 11.6 Å². The van der Waals surface area contributed by atoms with E-state index in [0.717, 1.165) is 11.1 Å². The van der Waals surface area contributed by atoms with Gasteiger partial charge in [0.15, 0.2) is 6.61 Å². The molecule has 0 aliphatic rings. The summed E-state index contributed by atoms with van der Waals surface area (Å²) in [4.78, 5) is 55.5. The lowest BCUT2D eigenvalue weighted by molar-refractivity contribution is -0.145. The van der Waals surface area contributed by atoms with Crippen LogP contribution in [0.5, 0.6) is 0 Å². The maximum atomic E-state index is 13.3. The Kier molecular flexibility index (Phi) is 10.8. The van der Waals surface area contributed by atoms with Crippen LogP contribution in [-0.2, 0) is 45.2 Å². The molecule has 2 amide bonds. The summed E-state index contributed by atoms with van der Waals surface area (Å²) in [6.45, 7) is 3.77. The molecule has 39 heavy (non-hydrogen) atoms. The number of amides is 2. The van der Waals surface area contributed by atoms with Crippen LogP contribution in [0.25, 0.3) is 0 Å². The van der Waals surface area contributed by atoms with Gasteiger partial charge in [0.2, 0.25) is 5.91 Å². The van der Waals surface area contributed by atoms with Crippen molar-refractivity contribution < 1.29 is 19.1 Å². The minimum Gasteiger partial charge on any atom is -0.456 e. The lowest BCUT2D eigenvalue weighted by Crippen LogP contribution is -2.39. The Morgan fingerprint density at radius 1 is 1.13 bits per heavy atom. The van der Waals surface area contributed by atoms with Crippen LogP contribution in [0, 0.1) is 6.92 Å². The number of hydrogen-bond acceptors (Lipinski definition) is 7. The number of nitrogens with one attached hydrogen (secondary N) is 2. The molecule has 10 nitrogen and oxygen atoms in total. The van der Waals surface area contributed by atoms with E-state index in [0.29, 0.717) is 28.4 Å². The average molecular weight is 554 g/mol. The summed E-state index contributed by atoms with van der Waals surface area (Å²) >= 11 is 6.14. The van der Waals surface area contributed by atoms with Crippen molar-refractivity contribution >= 4 is 35.1 Å². The minimum absolute atomic E-state index is 0.0921. The second kappa shape index (κ2) is 14.2. The molecular formula is C28H32ClN5O5. The summed E-state index contributed by atoms with van der Waals surface area (Å²) < 4.78 is 6.33. The summed E-state index contributed by atoms with van der Waals surface area (Å²) in [6.07, 6.45) is 4.63. The number of anilines is 1. The van der Waals surface area contributed by atoms with Crippen LogP contribution in [0.4, 0.5) is 5.69 Å². The number of nitrogens with zero attached hydrogens (tertiary/aromatic N) is 3. The van der Waals surface area contributed by atoms with Gasteiger partial charge in [0, 0.05) is 56.1 Å². The van der Waals surface area contributed by atoms with Crippen LogP contribution in [0.3, 0.4) is 0 Å². The van der Waals surface area contributed by atoms with Crippen molar-refractivity contribution in [3.8, 4) is 0 Å². The number of hydrogen-bond donors (Lipinski definition) is 2. The van der Waals surface area contributed by atoms with Crippen molar-refractivity contribution in [2.45, 2.75) is 39.9 Å². The number of rotatable bonds is 12. The highest BCUT2D eigenvalue weighted by Crippen LogP contribution is 2.16. The number of pyridine rings is 2. The second-order valence-electron chi connectivity index (χ2n) is 8.91. The van der Waals surface area contributed by atoms with Gasteiger partial charge in [-0.15, -0.1) is 0 Å². The minimum atomic E-state index is -0.569. The van der Waals surface area contributed by atoms with Gasteiger partial charge in [0.1, 0.15) is 0 Å². The molecule has 0 saturated carbocycles. The number of carbonyl (C=O) groups excluding carboxylic acids is 3. The van der Waals surface area contributed by atoms with Gasteiger partial charge in [-0.3, -0.25) is 24.2 Å². The first-order valence-corrected chi connectivity index (χ1v) is 12.8. The van der Waals surface area contributed by atoms with Crippen molar-refractivity contribution in [1.82, 2.24) is 20.2 Å². The average Bonchev–Trinajstić information content (AvgIpc) is 2.91.